The fraction of sp³-hybridized carbons (Fsp3) is 0.0833. The van der Waals surface area contributed by atoms with Crippen molar-refractivity contribution in [1.82, 2.24) is 19.5 Å². The smallest absolute Gasteiger partial charge is 0.165 e. The fourth-order valence-electron chi connectivity index (χ4n) is 1.89. The number of rotatable bonds is 2. The molecule has 0 unspecified atom stereocenters. The van der Waals surface area contributed by atoms with Crippen LogP contribution in [-0.4, -0.2) is 19.5 Å². The van der Waals surface area contributed by atoms with Crippen molar-refractivity contribution in [2.45, 2.75) is 6.54 Å². The first kappa shape index (κ1) is 11.7. The van der Waals surface area contributed by atoms with Gasteiger partial charge in [0.05, 0.1) is 12.9 Å². The van der Waals surface area contributed by atoms with Crippen LogP contribution in [0.5, 0.6) is 0 Å². The van der Waals surface area contributed by atoms with Gasteiger partial charge >= 0.3 is 0 Å². The molecule has 0 aliphatic carbocycles. The molecule has 0 radical (unpaired) electrons. The minimum Gasteiger partial charge on any atom is -0.399 e. The van der Waals surface area contributed by atoms with Gasteiger partial charge in [-0.1, -0.05) is 17.7 Å². The summed E-state index contributed by atoms with van der Waals surface area (Å²) in [5.41, 5.74) is 14.3. The summed E-state index contributed by atoms with van der Waals surface area (Å²) in [6.07, 6.45) is 3.09. The maximum Gasteiger partial charge on any atom is 0.165 e. The maximum absolute atomic E-state index is 6.16. The van der Waals surface area contributed by atoms with E-state index < -0.39 is 0 Å². The van der Waals surface area contributed by atoms with E-state index in [0.717, 1.165) is 5.56 Å². The average molecular weight is 275 g/mol. The van der Waals surface area contributed by atoms with E-state index in [-0.39, 0.29) is 0 Å². The third kappa shape index (κ3) is 2.06. The largest absolute Gasteiger partial charge is 0.399 e. The van der Waals surface area contributed by atoms with Gasteiger partial charge in [0, 0.05) is 10.7 Å². The van der Waals surface area contributed by atoms with Crippen molar-refractivity contribution in [2.24, 2.45) is 0 Å². The number of nitrogen functional groups attached to an aromatic ring is 2. The second-order valence-corrected chi connectivity index (χ2v) is 4.56. The Morgan fingerprint density at radius 2 is 2.00 bits per heavy atom. The Labute approximate surface area is 114 Å². The summed E-state index contributed by atoms with van der Waals surface area (Å²) in [4.78, 5) is 12.3. The summed E-state index contributed by atoms with van der Waals surface area (Å²) in [7, 11) is 0. The Hall–Kier alpha value is -2.34. The van der Waals surface area contributed by atoms with Crippen LogP contribution in [-0.2, 0) is 6.54 Å². The van der Waals surface area contributed by atoms with Crippen LogP contribution in [0.15, 0.2) is 30.9 Å². The molecule has 1 aromatic carbocycles. The number of benzene rings is 1. The third-order valence-corrected chi connectivity index (χ3v) is 3.20. The number of halogens is 1. The van der Waals surface area contributed by atoms with E-state index in [1.165, 1.54) is 6.33 Å². The highest BCUT2D eigenvalue weighted by Gasteiger charge is 2.09. The Morgan fingerprint density at radius 1 is 1.16 bits per heavy atom. The number of nitrogens with zero attached hydrogens (tertiary/aromatic N) is 4. The first-order chi connectivity index (χ1) is 9.15. The molecule has 4 N–H and O–H groups in total. The van der Waals surface area contributed by atoms with E-state index >= 15 is 0 Å². The standard InChI is InChI=1S/C12H11ClN6/c13-9-3-8(14)2-1-7(9)4-19-6-18-10-11(15)16-5-17-12(10)19/h1-3,5-6H,4,14H2,(H2,15,16,17). The number of anilines is 2. The molecule has 0 aliphatic heterocycles. The third-order valence-electron chi connectivity index (χ3n) is 2.85. The molecule has 0 atom stereocenters. The van der Waals surface area contributed by atoms with Gasteiger partial charge in [-0.15, -0.1) is 0 Å². The molecule has 0 aliphatic rings. The predicted molar refractivity (Wildman–Crippen MR) is 74.7 cm³/mol. The number of nitrogens with two attached hydrogens (primary N) is 2. The van der Waals surface area contributed by atoms with E-state index in [0.29, 0.717) is 34.2 Å². The number of imidazole rings is 1. The lowest BCUT2D eigenvalue weighted by Crippen LogP contribution is -2.01. The first-order valence-corrected chi connectivity index (χ1v) is 5.98. The average Bonchev–Trinajstić information content (AvgIpc) is 2.78. The molecule has 2 aromatic heterocycles. The van der Waals surface area contributed by atoms with Gasteiger partial charge in [-0.2, -0.15) is 0 Å². The van der Waals surface area contributed by atoms with E-state index in [9.17, 15) is 0 Å². The normalized spacial score (nSPS) is 11.0. The molecule has 0 spiro atoms. The molecule has 3 rings (SSSR count). The topological polar surface area (TPSA) is 95.6 Å². The van der Waals surface area contributed by atoms with Crippen LogP contribution >= 0.6 is 11.6 Å². The van der Waals surface area contributed by atoms with Crippen LogP contribution in [0.1, 0.15) is 5.56 Å². The summed E-state index contributed by atoms with van der Waals surface area (Å²) >= 11 is 6.16. The molecule has 6 nitrogen and oxygen atoms in total. The van der Waals surface area contributed by atoms with Crippen LogP contribution in [0.4, 0.5) is 11.5 Å². The lowest BCUT2D eigenvalue weighted by atomic mass is 10.2. The second kappa shape index (κ2) is 4.40. The van der Waals surface area contributed by atoms with E-state index in [4.69, 9.17) is 23.1 Å². The Morgan fingerprint density at radius 3 is 2.79 bits per heavy atom. The van der Waals surface area contributed by atoms with Crippen LogP contribution < -0.4 is 11.5 Å². The van der Waals surface area contributed by atoms with Gasteiger partial charge in [0.1, 0.15) is 11.8 Å². The Bertz CT molecular complexity index is 751. The lowest BCUT2D eigenvalue weighted by Gasteiger charge is -2.07. The van der Waals surface area contributed by atoms with Crippen molar-refractivity contribution in [3.8, 4) is 0 Å². The van der Waals surface area contributed by atoms with Crippen molar-refractivity contribution >= 4 is 34.3 Å². The molecule has 0 bridgehead atoms. The van der Waals surface area contributed by atoms with Crippen LogP contribution in [0.2, 0.25) is 5.02 Å². The summed E-state index contributed by atoms with van der Waals surface area (Å²) < 4.78 is 1.87. The van der Waals surface area contributed by atoms with Gasteiger partial charge < -0.3 is 16.0 Å². The maximum atomic E-state index is 6.16. The fourth-order valence-corrected chi connectivity index (χ4v) is 2.14. The second-order valence-electron chi connectivity index (χ2n) is 4.15. The zero-order valence-corrected chi connectivity index (χ0v) is 10.7. The molecule has 0 saturated carbocycles. The molecular formula is C12H11ClN6. The minimum absolute atomic E-state index is 0.368. The molecular weight excluding hydrogens is 264 g/mol. The molecule has 3 aromatic rings. The molecule has 0 amide bonds. The van der Waals surface area contributed by atoms with Gasteiger partial charge in [-0.05, 0) is 17.7 Å². The van der Waals surface area contributed by atoms with Crippen LogP contribution in [0.3, 0.4) is 0 Å². The van der Waals surface area contributed by atoms with Gasteiger partial charge in [-0.3, -0.25) is 0 Å². The summed E-state index contributed by atoms with van der Waals surface area (Å²) in [6.45, 7) is 0.548. The molecule has 2 heterocycles. The number of hydrogen-bond acceptors (Lipinski definition) is 5. The van der Waals surface area contributed by atoms with Gasteiger partial charge in [-0.25, -0.2) is 15.0 Å². The highest BCUT2D eigenvalue weighted by molar-refractivity contribution is 6.31. The van der Waals surface area contributed by atoms with E-state index in [2.05, 4.69) is 15.0 Å². The first-order valence-electron chi connectivity index (χ1n) is 5.60. The zero-order chi connectivity index (χ0) is 13.4. The van der Waals surface area contributed by atoms with Crippen molar-refractivity contribution in [3.05, 3.63) is 41.4 Å². The van der Waals surface area contributed by atoms with Gasteiger partial charge in [0.15, 0.2) is 11.5 Å². The van der Waals surface area contributed by atoms with Crippen LogP contribution in [0.25, 0.3) is 11.2 Å². The monoisotopic (exact) mass is 274 g/mol. The Kier molecular flexibility index (Phi) is 2.72. The summed E-state index contributed by atoms with van der Waals surface area (Å²) in [5.74, 6) is 0.368. The molecule has 96 valence electrons. The zero-order valence-electron chi connectivity index (χ0n) is 9.92. The van der Waals surface area contributed by atoms with Crippen molar-refractivity contribution in [3.63, 3.8) is 0 Å². The van der Waals surface area contributed by atoms with Crippen LogP contribution in [0, 0.1) is 0 Å². The van der Waals surface area contributed by atoms with Crippen molar-refractivity contribution < 1.29 is 0 Å². The summed E-state index contributed by atoms with van der Waals surface area (Å²) in [5, 5.41) is 0.615. The lowest BCUT2D eigenvalue weighted by molar-refractivity contribution is 0.813. The van der Waals surface area contributed by atoms with Gasteiger partial charge in [0.25, 0.3) is 0 Å². The number of fused-ring (bicyclic) bond motifs is 1. The SMILES string of the molecule is Nc1ccc(Cn2cnc3c(N)ncnc32)c(Cl)c1. The predicted octanol–water partition coefficient (Wildman–Crippen LogP) is 1.69. The molecule has 0 saturated heterocycles. The van der Waals surface area contributed by atoms with E-state index in [1.54, 1.807) is 12.4 Å². The Balaban J connectivity index is 2.04. The van der Waals surface area contributed by atoms with Crippen molar-refractivity contribution in [1.29, 1.82) is 0 Å². The highest BCUT2D eigenvalue weighted by Crippen LogP contribution is 2.22. The molecule has 19 heavy (non-hydrogen) atoms. The molecule has 7 heteroatoms. The molecule has 0 fully saturated rings. The van der Waals surface area contributed by atoms with Gasteiger partial charge in [0.2, 0.25) is 0 Å². The summed E-state index contributed by atoms with van der Waals surface area (Å²) in [6, 6.07) is 5.41. The minimum atomic E-state index is 0.368. The number of aromatic nitrogens is 4. The number of hydrogen-bond donors (Lipinski definition) is 2. The highest BCUT2D eigenvalue weighted by atomic mass is 35.5. The quantitative estimate of drug-likeness (QED) is 0.693. The van der Waals surface area contributed by atoms with Crippen molar-refractivity contribution in [2.75, 3.05) is 11.5 Å². The van der Waals surface area contributed by atoms with E-state index in [1.807, 2.05) is 16.7 Å².